The van der Waals surface area contributed by atoms with E-state index in [1.54, 1.807) is 15.5 Å². The zero-order chi connectivity index (χ0) is 25.7. The van der Waals surface area contributed by atoms with Gasteiger partial charge in [0, 0.05) is 61.3 Å². The number of aromatic nitrogens is 2. The summed E-state index contributed by atoms with van der Waals surface area (Å²) < 4.78 is 19.0. The molecule has 1 aliphatic carbocycles. The van der Waals surface area contributed by atoms with Crippen LogP contribution < -0.4 is 31.9 Å². The number of anilines is 1. The highest BCUT2D eigenvalue weighted by molar-refractivity contribution is 5.93. The number of hydrogen-bond donors (Lipinski definition) is 1. The lowest BCUT2D eigenvalue weighted by Crippen LogP contribution is -3.00. The molecule has 8 nitrogen and oxygen atoms in total. The van der Waals surface area contributed by atoms with Crippen molar-refractivity contribution in [3.63, 3.8) is 0 Å². The highest BCUT2D eigenvalue weighted by Gasteiger charge is 2.29. The van der Waals surface area contributed by atoms with Crippen LogP contribution in [0.1, 0.15) is 29.2 Å². The molecule has 4 aromatic rings. The number of fused-ring (bicyclic) bond motifs is 2. The maximum Gasteiger partial charge on any atom is 0.341 e. The quantitative estimate of drug-likeness (QED) is 0.335. The molecule has 3 heterocycles. The van der Waals surface area contributed by atoms with Gasteiger partial charge < -0.3 is 36.5 Å². The van der Waals surface area contributed by atoms with Gasteiger partial charge in [-0.15, -0.1) is 0 Å². The summed E-state index contributed by atoms with van der Waals surface area (Å²) in [6.07, 6.45) is 5.06. The molecule has 38 heavy (non-hydrogen) atoms. The number of carbonyl (C=O) groups excluding carboxylic acids is 1. The topological polar surface area (TPSA) is 86.7 Å². The maximum atomic E-state index is 15.2. The van der Waals surface area contributed by atoms with E-state index >= 15 is 4.39 Å². The number of benzene rings is 2. The summed E-state index contributed by atoms with van der Waals surface area (Å²) in [6, 6.07) is 14.8. The van der Waals surface area contributed by atoms with Gasteiger partial charge in [-0.1, -0.05) is 12.1 Å². The van der Waals surface area contributed by atoms with Gasteiger partial charge in [0.1, 0.15) is 11.4 Å². The number of pyridine rings is 2. The largest absolute Gasteiger partial charge is 1.00 e. The first-order chi connectivity index (χ1) is 17.9. The van der Waals surface area contributed by atoms with E-state index in [1.165, 1.54) is 6.20 Å². The Labute approximate surface area is 228 Å². The molecule has 1 amide bonds. The van der Waals surface area contributed by atoms with E-state index < -0.39 is 17.2 Å². The molecule has 0 unspecified atom stereocenters. The van der Waals surface area contributed by atoms with Crippen LogP contribution in [-0.2, 0) is 11.3 Å². The zero-order valence-corrected chi connectivity index (χ0v) is 22.1. The number of carbonyl (C=O) groups is 2. The van der Waals surface area contributed by atoms with E-state index in [2.05, 4.69) is 0 Å². The van der Waals surface area contributed by atoms with Crippen LogP contribution in [-0.4, -0.2) is 52.6 Å². The molecule has 6 rings (SSSR count). The molecule has 2 aliphatic rings. The van der Waals surface area contributed by atoms with E-state index in [0.717, 1.165) is 29.8 Å². The first kappa shape index (κ1) is 25.8. The van der Waals surface area contributed by atoms with Crippen LogP contribution in [0.3, 0.4) is 0 Å². The third kappa shape index (κ3) is 4.64. The van der Waals surface area contributed by atoms with Crippen LogP contribution in [0.15, 0.2) is 65.7 Å². The number of para-hydroxylation sites is 1. The molecule has 1 aliphatic heterocycles. The Morgan fingerprint density at radius 2 is 1.74 bits per heavy atom. The van der Waals surface area contributed by atoms with Crippen molar-refractivity contribution >= 4 is 39.4 Å². The van der Waals surface area contributed by atoms with Crippen LogP contribution in [0.5, 0.6) is 0 Å². The fraction of sp³-hybridized carbons (Fsp3) is 0.286. The second-order valence-electron chi connectivity index (χ2n) is 9.70. The number of amides is 1. The van der Waals surface area contributed by atoms with Gasteiger partial charge in [0.15, 0.2) is 6.20 Å². The Kier molecular flexibility index (Phi) is 6.92. The molecule has 2 aromatic carbocycles. The average molecular weight is 581 g/mol. The molecule has 1 saturated heterocycles. The summed E-state index contributed by atoms with van der Waals surface area (Å²) in [5.74, 6) is -1.88. The summed E-state index contributed by atoms with van der Waals surface area (Å²) in [5, 5.41) is 10.6. The monoisotopic (exact) mass is 580 g/mol. The number of piperazine rings is 1. The van der Waals surface area contributed by atoms with Gasteiger partial charge in [-0.05, 0) is 37.1 Å². The van der Waals surface area contributed by atoms with Gasteiger partial charge in [-0.25, -0.2) is 9.18 Å². The molecule has 196 valence electrons. The fourth-order valence-electron chi connectivity index (χ4n) is 5.21. The first-order valence-corrected chi connectivity index (χ1v) is 12.4. The lowest BCUT2D eigenvalue weighted by molar-refractivity contribution is -0.659. The highest BCUT2D eigenvalue weighted by atomic mass is 79.9. The molecule has 0 bridgehead atoms. The number of carboxylic acids is 1. The molecule has 0 radical (unpaired) electrons. The SMILES string of the molecule is O=C(O)c1cn(C2CC2)c2cc(N3CCN(C(=O)C[n+]4cccc5ccccc54)CC3)c(F)cc2c1=O.[Br-]. The number of halogens is 2. The summed E-state index contributed by atoms with van der Waals surface area (Å²) in [6.45, 7) is 2.04. The lowest BCUT2D eigenvalue weighted by Gasteiger charge is -2.36. The van der Waals surface area contributed by atoms with Crippen molar-refractivity contribution in [1.82, 2.24) is 9.47 Å². The number of carboxylic acid groups (broad SMARTS) is 1. The van der Waals surface area contributed by atoms with Crippen LogP contribution in [0.25, 0.3) is 21.8 Å². The van der Waals surface area contributed by atoms with Crippen molar-refractivity contribution < 1.29 is 40.6 Å². The van der Waals surface area contributed by atoms with Gasteiger partial charge in [-0.3, -0.25) is 9.59 Å². The molecule has 1 saturated carbocycles. The third-order valence-electron chi connectivity index (χ3n) is 7.34. The number of rotatable bonds is 5. The minimum atomic E-state index is -1.31. The summed E-state index contributed by atoms with van der Waals surface area (Å²) >= 11 is 0. The van der Waals surface area contributed by atoms with Gasteiger partial charge in [0.25, 0.3) is 5.91 Å². The van der Waals surface area contributed by atoms with Gasteiger partial charge in [0.2, 0.25) is 17.5 Å². The van der Waals surface area contributed by atoms with Crippen LogP contribution in [0.4, 0.5) is 10.1 Å². The van der Waals surface area contributed by atoms with Crippen molar-refractivity contribution in [2.45, 2.75) is 25.4 Å². The lowest BCUT2D eigenvalue weighted by atomic mass is 10.1. The van der Waals surface area contributed by atoms with Crippen molar-refractivity contribution in [3.05, 3.63) is 82.5 Å². The normalized spacial score (nSPS) is 15.5. The van der Waals surface area contributed by atoms with E-state index in [4.69, 9.17) is 0 Å². The maximum absolute atomic E-state index is 15.2. The van der Waals surface area contributed by atoms with Crippen LogP contribution >= 0.6 is 0 Å². The Morgan fingerprint density at radius 3 is 2.45 bits per heavy atom. The van der Waals surface area contributed by atoms with Crippen LogP contribution in [0.2, 0.25) is 0 Å². The molecule has 10 heteroatoms. The Bertz CT molecular complexity index is 1620. The standard InChI is InChI=1S/C28H25FN4O4.BrH/c29-22-14-20-24(33(19-7-8-19)16-21(27(20)35)28(36)37)15-25(22)30-10-12-31(13-11-30)26(34)17-32-9-3-5-18-4-1-2-6-23(18)32;/h1-6,9,14-16,19H,7-8,10-13,17H2;1H. The minimum Gasteiger partial charge on any atom is -1.00 e. The van der Waals surface area contributed by atoms with E-state index in [0.29, 0.717) is 37.4 Å². The average Bonchev–Trinajstić information content (AvgIpc) is 3.74. The van der Waals surface area contributed by atoms with Crippen molar-refractivity contribution in [3.8, 4) is 0 Å². The van der Waals surface area contributed by atoms with Crippen molar-refractivity contribution in [1.29, 1.82) is 0 Å². The van der Waals surface area contributed by atoms with Crippen LogP contribution in [0, 0.1) is 5.82 Å². The minimum absolute atomic E-state index is 0. The Hall–Kier alpha value is -3.79. The fourth-order valence-corrected chi connectivity index (χ4v) is 5.21. The number of nitrogens with zero attached hydrogens (tertiary/aromatic N) is 4. The Balaban J connectivity index is 0.00000294. The van der Waals surface area contributed by atoms with Crippen molar-refractivity contribution in [2.24, 2.45) is 0 Å². The van der Waals surface area contributed by atoms with Crippen molar-refractivity contribution in [2.75, 3.05) is 31.1 Å². The second kappa shape index (κ2) is 10.2. The van der Waals surface area contributed by atoms with E-state index in [-0.39, 0.29) is 46.4 Å². The Morgan fingerprint density at radius 1 is 1.03 bits per heavy atom. The molecule has 2 aromatic heterocycles. The summed E-state index contributed by atoms with van der Waals surface area (Å²) in [5.41, 5.74) is 0.872. The summed E-state index contributed by atoms with van der Waals surface area (Å²) in [7, 11) is 0. The molecule has 0 atom stereocenters. The smallest absolute Gasteiger partial charge is 0.341 e. The molecular formula is C28H26BrFN4O4. The predicted molar refractivity (Wildman–Crippen MR) is 136 cm³/mol. The van der Waals surface area contributed by atoms with Gasteiger partial charge in [-0.2, -0.15) is 4.57 Å². The van der Waals surface area contributed by atoms with Gasteiger partial charge >= 0.3 is 5.97 Å². The van der Waals surface area contributed by atoms with E-state index in [1.807, 2.05) is 52.1 Å². The first-order valence-electron chi connectivity index (χ1n) is 12.4. The molecule has 0 spiro atoms. The molecular weight excluding hydrogens is 555 g/mol. The molecule has 1 N–H and O–H groups in total. The number of aromatic carboxylic acids is 1. The number of hydrogen-bond acceptors (Lipinski definition) is 4. The highest BCUT2D eigenvalue weighted by Crippen LogP contribution is 2.38. The molecule has 2 fully saturated rings. The second-order valence-corrected chi connectivity index (χ2v) is 9.70. The third-order valence-corrected chi connectivity index (χ3v) is 7.34. The summed E-state index contributed by atoms with van der Waals surface area (Å²) in [4.78, 5) is 41.1. The van der Waals surface area contributed by atoms with Gasteiger partial charge in [0.05, 0.1) is 11.2 Å². The van der Waals surface area contributed by atoms with E-state index in [9.17, 15) is 19.5 Å². The zero-order valence-electron chi connectivity index (χ0n) is 20.5. The predicted octanol–water partition coefficient (Wildman–Crippen LogP) is -0.0328.